The van der Waals surface area contributed by atoms with E-state index in [0.29, 0.717) is 31.1 Å². The fraction of sp³-hybridized carbons (Fsp3) is 0.500. The lowest BCUT2D eigenvalue weighted by molar-refractivity contribution is -0.119. The maximum Gasteiger partial charge on any atom is 0.411 e. The highest BCUT2D eigenvalue weighted by molar-refractivity contribution is 5.97. The fourth-order valence-corrected chi connectivity index (χ4v) is 2.49. The predicted octanol–water partition coefficient (Wildman–Crippen LogP) is 3.19. The molecule has 2 rings (SSSR count). The summed E-state index contributed by atoms with van der Waals surface area (Å²) < 4.78 is 4.87. The molecule has 1 aliphatic rings. The van der Waals surface area contributed by atoms with Crippen molar-refractivity contribution in [3.05, 3.63) is 23.8 Å². The standard InChI is InChI=1S/C16H22N2O3/c1-4-21-16(20)17-13-6-7-14-12(9-13)5-8-15(19)18(14)10-11(2)3/h6-7,9,11H,4-5,8,10H2,1-3H3,(H,17,20). The summed E-state index contributed by atoms with van der Waals surface area (Å²) in [5.74, 6) is 0.583. The lowest BCUT2D eigenvalue weighted by Crippen LogP contribution is -2.37. The second kappa shape index (κ2) is 6.61. The van der Waals surface area contributed by atoms with E-state index in [1.54, 1.807) is 6.92 Å². The van der Waals surface area contributed by atoms with Crippen molar-refractivity contribution >= 4 is 23.4 Å². The topological polar surface area (TPSA) is 58.6 Å². The summed E-state index contributed by atoms with van der Waals surface area (Å²) in [5.41, 5.74) is 2.74. The number of fused-ring (bicyclic) bond motifs is 1. The highest BCUT2D eigenvalue weighted by Gasteiger charge is 2.24. The summed E-state index contributed by atoms with van der Waals surface area (Å²) in [6.45, 7) is 7.02. The van der Waals surface area contributed by atoms with Crippen molar-refractivity contribution in [3.8, 4) is 0 Å². The van der Waals surface area contributed by atoms with E-state index in [9.17, 15) is 9.59 Å². The van der Waals surface area contributed by atoms with Crippen molar-refractivity contribution in [2.45, 2.75) is 33.6 Å². The van der Waals surface area contributed by atoms with Gasteiger partial charge >= 0.3 is 6.09 Å². The molecule has 1 heterocycles. The third-order valence-electron chi connectivity index (χ3n) is 3.35. The first-order valence-corrected chi connectivity index (χ1v) is 7.38. The fourth-order valence-electron chi connectivity index (χ4n) is 2.49. The molecule has 1 aromatic rings. The number of rotatable bonds is 4. The summed E-state index contributed by atoms with van der Waals surface area (Å²) in [7, 11) is 0. The Labute approximate surface area is 125 Å². The number of ether oxygens (including phenoxy) is 1. The largest absolute Gasteiger partial charge is 0.450 e. The quantitative estimate of drug-likeness (QED) is 0.926. The molecule has 0 spiro atoms. The van der Waals surface area contributed by atoms with Gasteiger partial charge in [-0.3, -0.25) is 10.1 Å². The van der Waals surface area contributed by atoms with Gasteiger partial charge in [-0.15, -0.1) is 0 Å². The molecular formula is C16H22N2O3. The molecule has 0 bridgehead atoms. The maximum atomic E-state index is 12.1. The molecule has 5 heteroatoms. The van der Waals surface area contributed by atoms with E-state index >= 15 is 0 Å². The van der Waals surface area contributed by atoms with E-state index < -0.39 is 6.09 Å². The molecule has 1 aromatic carbocycles. The van der Waals surface area contributed by atoms with E-state index in [4.69, 9.17) is 4.74 Å². The highest BCUT2D eigenvalue weighted by Crippen LogP contribution is 2.30. The van der Waals surface area contributed by atoms with Crippen molar-refractivity contribution in [2.24, 2.45) is 5.92 Å². The van der Waals surface area contributed by atoms with Crippen LogP contribution in [0.4, 0.5) is 16.2 Å². The average Bonchev–Trinajstić information content (AvgIpc) is 2.42. The van der Waals surface area contributed by atoms with Gasteiger partial charge in [-0.1, -0.05) is 13.8 Å². The zero-order valence-corrected chi connectivity index (χ0v) is 12.8. The molecular weight excluding hydrogens is 268 g/mol. The molecule has 0 radical (unpaired) electrons. The average molecular weight is 290 g/mol. The minimum Gasteiger partial charge on any atom is -0.450 e. The Hall–Kier alpha value is -2.04. The Bertz CT molecular complexity index is 540. The van der Waals surface area contributed by atoms with Gasteiger partial charge in [0, 0.05) is 24.3 Å². The van der Waals surface area contributed by atoms with E-state index in [2.05, 4.69) is 19.2 Å². The molecule has 114 valence electrons. The van der Waals surface area contributed by atoms with Gasteiger partial charge in [0.15, 0.2) is 0 Å². The lowest BCUT2D eigenvalue weighted by atomic mass is 9.99. The van der Waals surface area contributed by atoms with Crippen LogP contribution < -0.4 is 10.2 Å². The van der Waals surface area contributed by atoms with Gasteiger partial charge in [0.25, 0.3) is 0 Å². The molecule has 1 aliphatic heterocycles. The summed E-state index contributed by atoms with van der Waals surface area (Å²) in [5, 5.41) is 2.70. The normalized spacial score (nSPS) is 14.1. The van der Waals surface area contributed by atoms with Gasteiger partial charge in [-0.05, 0) is 43.0 Å². The molecule has 0 aliphatic carbocycles. The van der Waals surface area contributed by atoms with E-state index in [1.807, 2.05) is 23.1 Å². The van der Waals surface area contributed by atoms with Crippen LogP contribution in [0.25, 0.3) is 0 Å². The third-order valence-corrected chi connectivity index (χ3v) is 3.35. The van der Waals surface area contributed by atoms with Gasteiger partial charge in [-0.2, -0.15) is 0 Å². The molecule has 0 saturated heterocycles. The number of carbonyl (C=O) groups excluding carboxylic acids is 2. The number of hydrogen-bond donors (Lipinski definition) is 1. The van der Waals surface area contributed by atoms with E-state index in [1.165, 1.54) is 0 Å². The minimum absolute atomic E-state index is 0.169. The second-order valence-electron chi connectivity index (χ2n) is 5.59. The van der Waals surface area contributed by atoms with Crippen LogP contribution in [0.3, 0.4) is 0 Å². The molecule has 0 unspecified atom stereocenters. The number of nitrogens with zero attached hydrogens (tertiary/aromatic N) is 1. The molecule has 1 N–H and O–H groups in total. The molecule has 0 saturated carbocycles. The number of aryl methyl sites for hydroxylation is 1. The predicted molar refractivity (Wildman–Crippen MR) is 82.6 cm³/mol. The Kier molecular flexibility index (Phi) is 4.83. The van der Waals surface area contributed by atoms with Crippen LogP contribution in [-0.4, -0.2) is 25.2 Å². The van der Waals surface area contributed by atoms with Crippen molar-refractivity contribution in [1.82, 2.24) is 0 Å². The van der Waals surface area contributed by atoms with Crippen LogP contribution in [-0.2, 0) is 16.0 Å². The van der Waals surface area contributed by atoms with Crippen molar-refractivity contribution in [3.63, 3.8) is 0 Å². The second-order valence-corrected chi connectivity index (χ2v) is 5.59. The molecule has 2 amide bonds. The van der Waals surface area contributed by atoms with Crippen LogP contribution in [0.2, 0.25) is 0 Å². The number of hydrogen-bond acceptors (Lipinski definition) is 3. The maximum absolute atomic E-state index is 12.1. The smallest absolute Gasteiger partial charge is 0.411 e. The van der Waals surface area contributed by atoms with Crippen molar-refractivity contribution in [2.75, 3.05) is 23.4 Å². The molecule has 0 fully saturated rings. The first kappa shape index (κ1) is 15.4. The van der Waals surface area contributed by atoms with Gasteiger partial charge in [0.2, 0.25) is 5.91 Å². The number of benzene rings is 1. The van der Waals surface area contributed by atoms with Crippen LogP contribution in [0.1, 0.15) is 32.8 Å². The number of carbonyl (C=O) groups is 2. The number of anilines is 2. The molecule has 5 nitrogen and oxygen atoms in total. The zero-order valence-electron chi connectivity index (χ0n) is 12.8. The van der Waals surface area contributed by atoms with Gasteiger partial charge in [-0.25, -0.2) is 4.79 Å². The monoisotopic (exact) mass is 290 g/mol. The number of nitrogens with one attached hydrogen (secondary N) is 1. The molecule has 21 heavy (non-hydrogen) atoms. The van der Waals surface area contributed by atoms with Crippen LogP contribution in [0.5, 0.6) is 0 Å². The van der Waals surface area contributed by atoms with Gasteiger partial charge in [0.05, 0.1) is 6.61 Å². The summed E-state index contributed by atoms with van der Waals surface area (Å²) in [6, 6.07) is 5.63. The minimum atomic E-state index is -0.455. The Balaban J connectivity index is 2.20. The van der Waals surface area contributed by atoms with Gasteiger partial charge in [0.1, 0.15) is 0 Å². The third kappa shape index (κ3) is 3.74. The zero-order chi connectivity index (χ0) is 15.4. The summed E-state index contributed by atoms with van der Waals surface area (Å²) in [6.07, 6.45) is 0.771. The first-order chi connectivity index (χ1) is 10.0. The first-order valence-electron chi connectivity index (χ1n) is 7.38. The van der Waals surface area contributed by atoms with Crippen LogP contribution in [0.15, 0.2) is 18.2 Å². The highest BCUT2D eigenvalue weighted by atomic mass is 16.5. The summed E-state index contributed by atoms with van der Waals surface area (Å²) in [4.78, 5) is 25.4. The Morgan fingerprint density at radius 3 is 2.81 bits per heavy atom. The van der Waals surface area contributed by atoms with Crippen LogP contribution >= 0.6 is 0 Å². The Morgan fingerprint density at radius 2 is 2.14 bits per heavy atom. The van der Waals surface area contributed by atoms with Gasteiger partial charge < -0.3 is 9.64 Å². The molecule has 0 atom stereocenters. The van der Waals surface area contributed by atoms with E-state index in [0.717, 1.165) is 17.8 Å². The Morgan fingerprint density at radius 1 is 1.38 bits per heavy atom. The number of amides is 2. The van der Waals surface area contributed by atoms with Crippen LogP contribution in [0, 0.1) is 5.92 Å². The lowest BCUT2D eigenvalue weighted by Gasteiger charge is -2.31. The van der Waals surface area contributed by atoms with Crippen molar-refractivity contribution in [1.29, 1.82) is 0 Å². The van der Waals surface area contributed by atoms with Crippen molar-refractivity contribution < 1.29 is 14.3 Å². The SMILES string of the molecule is CCOC(=O)Nc1ccc2c(c1)CCC(=O)N2CC(C)C. The van der Waals surface area contributed by atoms with E-state index in [-0.39, 0.29) is 5.91 Å². The molecule has 0 aromatic heterocycles. The summed E-state index contributed by atoms with van der Waals surface area (Å²) >= 11 is 0.